The largest absolute Gasteiger partial charge is 0.387 e. The van der Waals surface area contributed by atoms with Crippen molar-refractivity contribution >= 4 is 28.8 Å². The van der Waals surface area contributed by atoms with E-state index in [1.54, 1.807) is 6.92 Å². The van der Waals surface area contributed by atoms with Gasteiger partial charge in [0.25, 0.3) is 0 Å². The number of hydrogen-bond donors (Lipinski definition) is 1. The predicted octanol–water partition coefficient (Wildman–Crippen LogP) is 4.46. The summed E-state index contributed by atoms with van der Waals surface area (Å²) in [6, 6.07) is 14.0. The number of carbonyl (C=O) groups excluding carboxylic acids is 1. The van der Waals surface area contributed by atoms with Gasteiger partial charge in [-0.15, -0.1) is 0 Å². The van der Waals surface area contributed by atoms with Gasteiger partial charge >= 0.3 is 0 Å². The molecular formula is C24H27ClN2O2. The zero-order chi connectivity index (χ0) is 20.4. The van der Waals surface area contributed by atoms with Gasteiger partial charge in [0.15, 0.2) is 0 Å². The van der Waals surface area contributed by atoms with Gasteiger partial charge in [0.2, 0.25) is 5.91 Å². The average Bonchev–Trinajstić information content (AvgIpc) is 2.74. The van der Waals surface area contributed by atoms with Crippen molar-refractivity contribution < 1.29 is 9.90 Å². The molecule has 1 unspecified atom stereocenters. The van der Waals surface area contributed by atoms with Crippen molar-refractivity contribution in [2.24, 2.45) is 0 Å². The van der Waals surface area contributed by atoms with Gasteiger partial charge in [0.1, 0.15) is 0 Å². The number of aryl methyl sites for hydroxylation is 1. The Balaban J connectivity index is 1.41. The number of halogens is 1. The highest BCUT2D eigenvalue weighted by Gasteiger charge is 2.22. The SMILES string of the molecule is CC(=O)N1CCCc2cc(C(O)CN3CC=C(c4ccc(Cl)cc4)CC3)ccc21. The third-order valence-corrected chi connectivity index (χ3v) is 6.18. The van der Waals surface area contributed by atoms with Crippen molar-refractivity contribution in [3.05, 3.63) is 70.3 Å². The minimum atomic E-state index is -0.529. The fourth-order valence-corrected chi connectivity index (χ4v) is 4.43. The number of amides is 1. The Hall–Kier alpha value is -2.14. The predicted molar refractivity (Wildman–Crippen MR) is 118 cm³/mol. The van der Waals surface area contributed by atoms with Gasteiger partial charge in [-0.05, 0) is 59.7 Å². The van der Waals surface area contributed by atoms with Gasteiger partial charge in [-0.25, -0.2) is 0 Å². The minimum Gasteiger partial charge on any atom is -0.387 e. The first-order valence-electron chi connectivity index (χ1n) is 10.3. The summed E-state index contributed by atoms with van der Waals surface area (Å²) >= 11 is 5.98. The monoisotopic (exact) mass is 410 g/mol. The molecule has 0 aromatic heterocycles. The molecule has 2 heterocycles. The van der Waals surface area contributed by atoms with Gasteiger partial charge in [0.05, 0.1) is 6.10 Å². The maximum atomic E-state index is 11.8. The van der Waals surface area contributed by atoms with Crippen LogP contribution in [0, 0.1) is 0 Å². The van der Waals surface area contributed by atoms with Gasteiger partial charge < -0.3 is 10.0 Å². The second kappa shape index (κ2) is 8.70. The summed E-state index contributed by atoms with van der Waals surface area (Å²) in [5, 5.41) is 11.6. The van der Waals surface area contributed by atoms with Crippen LogP contribution < -0.4 is 4.90 Å². The molecule has 1 atom stereocenters. The van der Waals surface area contributed by atoms with Crippen LogP contribution in [0.3, 0.4) is 0 Å². The second-order valence-electron chi connectivity index (χ2n) is 7.92. The fraction of sp³-hybridized carbons (Fsp3) is 0.375. The van der Waals surface area contributed by atoms with E-state index in [2.05, 4.69) is 29.2 Å². The first-order chi connectivity index (χ1) is 14.0. The second-order valence-corrected chi connectivity index (χ2v) is 8.36. The van der Waals surface area contributed by atoms with Gasteiger partial charge in [-0.1, -0.05) is 41.9 Å². The average molecular weight is 411 g/mol. The van der Waals surface area contributed by atoms with Crippen LogP contribution in [-0.2, 0) is 11.2 Å². The number of anilines is 1. The molecule has 5 heteroatoms. The Kier molecular flexibility index (Phi) is 6.04. The molecule has 2 aromatic carbocycles. The number of aliphatic hydroxyl groups is 1. The van der Waals surface area contributed by atoms with Gasteiger partial charge in [0, 0.05) is 43.8 Å². The Morgan fingerprint density at radius 1 is 1.14 bits per heavy atom. The maximum Gasteiger partial charge on any atom is 0.223 e. The fourth-order valence-electron chi connectivity index (χ4n) is 4.30. The Morgan fingerprint density at radius 2 is 1.93 bits per heavy atom. The van der Waals surface area contributed by atoms with E-state index >= 15 is 0 Å². The number of β-amino-alcohol motifs (C(OH)–C–C–N with tert-alkyl or cyclic N) is 1. The van der Waals surface area contributed by atoms with E-state index in [4.69, 9.17) is 11.6 Å². The first kappa shape index (κ1) is 20.1. The van der Waals surface area contributed by atoms with E-state index in [1.165, 1.54) is 11.1 Å². The van der Waals surface area contributed by atoms with Crippen LogP contribution in [0.5, 0.6) is 0 Å². The molecule has 0 spiro atoms. The summed E-state index contributed by atoms with van der Waals surface area (Å²) in [4.78, 5) is 16.0. The third-order valence-electron chi connectivity index (χ3n) is 5.93. The molecule has 29 heavy (non-hydrogen) atoms. The number of carbonyl (C=O) groups is 1. The first-order valence-corrected chi connectivity index (χ1v) is 10.7. The quantitative estimate of drug-likeness (QED) is 0.809. The Morgan fingerprint density at radius 3 is 2.62 bits per heavy atom. The van der Waals surface area contributed by atoms with Crippen LogP contribution in [-0.4, -0.2) is 42.1 Å². The van der Waals surface area contributed by atoms with Crippen molar-refractivity contribution in [2.45, 2.75) is 32.3 Å². The lowest BCUT2D eigenvalue weighted by molar-refractivity contribution is -0.116. The Bertz CT molecular complexity index is 923. The number of nitrogens with zero attached hydrogens (tertiary/aromatic N) is 2. The highest BCUT2D eigenvalue weighted by Crippen LogP contribution is 2.31. The highest BCUT2D eigenvalue weighted by molar-refractivity contribution is 6.30. The van der Waals surface area contributed by atoms with Crippen molar-refractivity contribution in [3.63, 3.8) is 0 Å². The summed E-state index contributed by atoms with van der Waals surface area (Å²) in [6.07, 6.45) is 4.61. The summed E-state index contributed by atoms with van der Waals surface area (Å²) in [5.41, 5.74) is 5.64. The molecule has 0 saturated carbocycles. The summed E-state index contributed by atoms with van der Waals surface area (Å²) in [5.74, 6) is 0.0795. The smallest absolute Gasteiger partial charge is 0.223 e. The third kappa shape index (κ3) is 4.55. The number of hydrogen-bond acceptors (Lipinski definition) is 3. The molecule has 1 amide bonds. The van der Waals surface area contributed by atoms with Crippen LogP contribution in [0.2, 0.25) is 5.02 Å². The molecule has 2 aromatic rings. The van der Waals surface area contributed by atoms with Crippen LogP contribution in [0.4, 0.5) is 5.69 Å². The van der Waals surface area contributed by atoms with E-state index < -0.39 is 6.10 Å². The van der Waals surface area contributed by atoms with Gasteiger partial charge in [-0.2, -0.15) is 0 Å². The topological polar surface area (TPSA) is 43.8 Å². The molecule has 2 aliphatic rings. The zero-order valence-corrected chi connectivity index (χ0v) is 17.5. The van der Waals surface area contributed by atoms with E-state index in [1.807, 2.05) is 29.2 Å². The summed E-state index contributed by atoms with van der Waals surface area (Å²) in [6.45, 7) is 4.76. The standard InChI is InChI=1S/C24H27ClN2O2/c1-17(28)27-12-2-3-20-15-21(6-9-23(20)27)24(29)16-26-13-10-19(11-14-26)18-4-7-22(25)8-5-18/h4-10,15,24,29H,2-3,11-14,16H2,1H3. The molecule has 0 bridgehead atoms. The van der Waals surface area contributed by atoms with Crippen LogP contribution in [0.15, 0.2) is 48.5 Å². The number of rotatable bonds is 4. The highest BCUT2D eigenvalue weighted by atomic mass is 35.5. The molecule has 4 rings (SSSR count). The van der Waals surface area contributed by atoms with Gasteiger partial charge in [-0.3, -0.25) is 9.69 Å². The lowest BCUT2D eigenvalue weighted by Gasteiger charge is -2.31. The molecule has 0 saturated heterocycles. The van der Waals surface area contributed by atoms with Crippen LogP contribution >= 0.6 is 11.6 Å². The normalized spacial score (nSPS) is 18.2. The summed E-state index contributed by atoms with van der Waals surface area (Å²) < 4.78 is 0. The van der Waals surface area contributed by atoms with E-state index in [-0.39, 0.29) is 5.91 Å². The van der Waals surface area contributed by atoms with Crippen molar-refractivity contribution in [1.29, 1.82) is 0 Å². The molecule has 0 aliphatic carbocycles. The molecule has 0 fully saturated rings. The molecule has 0 radical (unpaired) electrons. The maximum absolute atomic E-state index is 11.8. The van der Waals surface area contributed by atoms with E-state index in [0.29, 0.717) is 6.54 Å². The molecule has 2 aliphatic heterocycles. The summed E-state index contributed by atoms with van der Waals surface area (Å²) in [7, 11) is 0. The lowest BCUT2D eigenvalue weighted by Crippen LogP contribution is -2.34. The lowest BCUT2D eigenvalue weighted by atomic mass is 9.96. The van der Waals surface area contributed by atoms with E-state index in [0.717, 1.165) is 60.7 Å². The molecule has 152 valence electrons. The van der Waals surface area contributed by atoms with Crippen LogP contribution in [0.25, 0.3) is 5.57 Å². The van der Waals surface area contributed by atoms with Crippen molar-refractivity contribution in [3.8, 4) is 0 Å². The van der Waals surface area contributed by atoms with Crippen molar-refractivity contribution in [1.82, 2.24) is 4.90 Å². The minimum absolute atomic E-state index is 0.0795. The Labute approximate surface area is 177 Å². The van der Waals surface area contributed by atoms with E-state index in [9.17, 15) is 9.90 Å². The van der Waals surface area contributed by atoms with Crippen molar-refractivity contribution in [2.75, 3.05) is 31.1 Å². The van der Waals surface area contributed by atoms with Crippen LogP contribution in [0.1, 0.15) is 42.6 Å². The number of benzene rings is 2. The molecule has 4 nitrogen and oxygen atoms in total. The number of aliphatic hydroxyl groups excluding tert-OH is 1. The zero-order valence-electron chi connectivity index (χ0n) is 16.8. The molecular weight excluding hydrogens is 384 g/mol. The number of fused-ring (bicyclic) bond motifs is 1. The molecule has 1 N–H and O–H groups in total.